The molecule has 5 nitrogen and oxygen atoms in total. The van der Waals surface area contributed by atoms with Crippen LogP contribution >= 0.6 is 11.6 Å². The molecule has 5 rings (SSSR count). The summed E-state index contributed by atoms with van der Waals surface area (Å²) < 4.78 is 17.6. The van der Waals surface area contributed by atoms with E-state index < -0.39 is 0 Å². The first-order valence-electron chi connectivity index (χ1n) is 11.5. The van der Waals surface area contributed by atoms with Gasteiger partial charge in [-0.1, -0.05) is 55.3 Å². The van der Waals surface area contributed by atoms with Gasteiger partial charge in [-0.3, -0.25) is 0 Å². The van der Waals surface area contributed by atoms with Gasteiger partial charge in [-0.25, -0.2) is 4.79 Å². The predicted molar refractivity (Wildman–Crippen MR) is 135 cm³/mol. The molecule has 0 amide bonds. The Bertz CT molecular complexity index is 1350. The largest absolute Gasteiger partial charge is 0.489 e. The van der Waals surface area contributed by atoms with Gasteiger partial charge < -0.3 is 18.8 Å². The summed E-state index contributed by atoms with van der Waals surface area (Å²) in [5, 5.41) is 1.42. The zero-order valence-corrected chi connectivity index (χ0v) is 19.8. The van der Waals surface area contributed by atoms with Crippen molar-refractivity contribution < 1.29 is 13.9 Å². The monoisotopic (exact) mass is 475 g/mol. The lowest BCUT2D eigenvalue weighted by molar-refractivity contribution is 0.289. The molecule has 0 saturated carbocycles. The number of unbranched alkanes of at least 4 members (excludes halogenated alkanes) is 1. The first kappa shape index (κ1) is 22.4. The molecule has 0 N–H and O–H groups in total. The number of benzene rings is 3. The lowest BCUT2D eigenvalue weighted by Crippen LogP contribution is -2.32. The molecule has 1 aliphatic rings. The average Bonchev–Trinajstić information content (AvgIpc) is 2.87. The highest BCUT2D eigenvalue weighted by molar-refractivity contribution is 6.33. The Morgan fingerprint density at radius 1 is 1.06 bits per heavy atom. The van der Waals surface area contributed by atoms with Gasteiger partial charge in [0.25, 0.3) is 0 Å². The molecule has 0 saturated heterocycles. The van der Waals surface area contributed by atoms with Crippen LogP contribution in [-0.2, 0) is 19.6 Å². The van der Waals surface area contributed by atoms with Crippen LogP contribution in [0.15, 0.2) is 75.9 Å². The number of halogens is 1. The maximum absolute atomic E-state index is 12.3. The van der Waals surface area contributed by atoms with Gasteiger partial charge in [0.1, 0.15) is 23.7 Å². The lowest BCUT2D eigenvalue weighted by atomic mass is 10.0. The van der Waals surface area contributed by atoms with Crippen molar-refractivity contribution in [3.63, 3.8) is 0 Å². The number of rotatable bonds is 7. The van der Waals surface area contributed by atoms with Gasteiger partial charge in [0.2, 0.25) is 0 Å². The van der Waals surface area contributed by atoms with E-state index in [0.29, 0.717) is 36.2 Å². The van der Waals surface area contributed by atoms with E-state index in [2.05, 4.69) is 11.8 Å². The third-order valence-corrected chi connectivity index (χ3v) is 6.37. The van der Waals surface area contributed by atoms with Gasteiger partial charge in [0, 0.05) is 17.1 Å². The van der Waals surface area contributed by atoms with Crippen molar-refractivity contribution in [1.29, 1.82) is 0 Å². The summed E-state index contributed by atoms with van der Waals surface area (Å²) in [5.74, 6) is 1.38. The molecule has 4 aromatic rings. The molecule has 174 valence electrons. The average molecular weight is 476 g/mol. The van der Waals surface area contributed by atoms with Crippen LogP contribution in [0.2, 0.25) is 5.02 Å². The Balaban J connectivity index is 1.40. The normalized spacial score (nSPS) is 12.9. The molecule has 6 heteroatoms. The van der Waals surface area contributed by atoms with Crippen molar-refractivity contribution in [2.75, 3.05) is 11.6 Å². The van der Waals surface area contributed by atoms with Crippen molar-refractivity contribution in [1.82, 2.24) is 0 Å². The Morgan fingerprint density at radius 3 is 2.62 bits per heavy atom. The van der Waals surface area contributed by atoms with Crippen LogP contribution in [0.4, 0.5) is 5.69 Å². The number of anilines is 1. The SMILES string of the molecule is CCCCc1cc(=O)oc2c3c(c(Cl)cc12)OCN(c1ccc(OCc2ccccc2)cc1)C3. The van der Waals surface area contributed by atoms with E-state index in [9.17, 15) is 4.79 Å². The second-order valence-electron chi connectivity index (χ2n) is 8.48. The summed E-state index contributed by atoms with van der Waals surface area (Å²) in [6, 6.07) is 21.4. The third kappa shape index (κ3) is 4.62. The fraction of sp³-hybridized carbons (Fsp3) is 0.250. The molecule has 0 radical (unpaired) electrons. The van der Waals surface area contributed by atoms with Gasteiger partial charge in [-0.15, -0.1) is 0 Å². The Morgan fingerprint density at radius 2 is 1.85 bits per heavy atom. The van der Waals surface area contributed by atoms with Gasteiger partial charge in [-0.05, 0) is 54.3 Å². The molecule has 0 unspecified atom stereocenters. The molecule has 1 aliphatic heterocycles. The Labute approximate surface area is 203 Å². The molecule has 0 aliphatic carbocycles. The van der Waals surface area contributed by atoms with E-state index in [1.165, 1.54) is 0 Å². The van der Waals surface area contributed by atoms with Crippen LogP contribution in [-0.4, -0.2) is 6.73 Å². The second kappa shape index (κ2) is 9.82. The zero-order chi connectivity index (χ0) is 23.5. The van der Waals surface area contributed by atoms with Crippen molar-refractivity contribution in [2.24, 2.45) is 0 Å². The van der Waals surface area contributed by atoms with Gasteiger partial charge in [0.05, 0.1) is 17.1 Å². The quantitative estimate of drug-likeness (QED) is 0.277. The van der Waals surface area contributed by atoms with Crippen molar-refractivity contribution in [3.8, 4) is 11.5 Å². The van der Waals surface area contributed by atoms with Crippen molar-refractivity contribution in [2.45, 2.75) is 39.3 Å². The summed E-state index contributed by atoms with van der Waals surface area (Å²) in [6.07, 6.45) is 2.85. The van der Waals surface area contributed by atoms with E-state index in [4.69, 9.17) is 25.5 Å². The molecular formula is C28H26ClNO4. The Kier molecular flexibility index (Phi) is 6.45. The summed E-state index contributed by atoms with van der Waals surface area (Å²) >= 11 is 6.59. The summed E-state index contributed by atoms with van der Waals surface area (Å²) in [7, 11) is 0. The maximum Gasteiger partial charge on any atom is 0.336 e. The molecular weight excluding hydrogens is 450 g/mol. The standard InChI is InChI=1S/C28H26ClNO4/c1-2-3-9-20-14-26(31)34-27-23(20)15-25(29)28-24(27)16-30(18-33-28)21-10-12-22(13-11-21)32-17-19-7-5-4-6-8-19/h4-8,10-15H,2-3,9,16-18H2,1H3. The summed E-state index contributed by atoms with van der Waals surface area (Å²) in [5.41, 5.74) is 4.08. The van der Waals surface area contributed by atoms with E-state index in [0.717, 1.165) is 52.8 Å². The fourth-order valence-electron chi connectivity index (χ4n) is 4.29. The minimum atomic E-state index is -0.347. The van der Waals surface area contributed by atoms with Gasteiger partial charge >= 0.3 is 5.63 Å². The van der Waals surface area contributed by atoms with Crippen LogP contribution in [0, 0.1) is 0 Å². The third-order valence-electron chi connectivity index (χ3n) is 6.09. The van der Waals surface area contributed by atoms with Crippen LogP contribution in [0.5, 0.6) is 11.5 Å². The highest BCUT2D eigenvalue weighted by Crippen LogP contribution is 2.40. The minimum absolute atomic E-state index is 0.347. The second-order valence-corrected chi connectivity index (χ2v) is 8.88. The topological polar surface area (TPSA) is 51.9 Å². The number of nitrogens with zero attached hydrogens (tertiary/aromatic N) is 1. The number of hydrogen-bond acceptors (Lipinski definition) is 5. The van der Waals surface area contributed by atoms with Crippen LogP contribution in [0.3, 0.4) is 0 Å². The van der Waals surface area contributed by atoms with Gasteiger partial charge in [0.15, 0.2) is 6.73 Å². The molecule has 0 spiro atoms. The zero-order valence-electron chi connectivity index (χ0n) is 19.1. The molecule has 0 fully saturated rings. The highest BCUT2D eigenvalue weighted by Gasteiger charge is 2.25. The first-order chi connectivity index (χ1) is 16.6. The number of aryl methyl sites for hydroxylation is 1. The van der Waals surface area contributed by atoms with Crippen LogP contribution in [0.25, 0.3) is 11.0 Å². The van der Waals surface area contributed by atoms with Gasteiger partial charge in [-0.2, -0.15) is 0 Å². The lowest BCUT2D eigenvalue weighted by Gasteiger charge is -2.31. The molecule has 2 heterocycles. The van der Waals surface area contributed by atoms with E-state index in [-0.39, 0.29) is 5.63 Å². The molecule has 34 heavy (non-hydrogen) atoms. The minimum Gasteiger partial charge on any atom is -0.489 e. The smallest absolute Gasteiger partial charge is 0.336 e. The maximum atomic E-state index is 12.3. The van der Waals surface area contributed by atoms with E-state index >= 15 is 0 Å². The molecule has 3 aromatic carbocycles. The molecule has 1 aromatic heterocycles. The Hall–Kier alpha value is -3.44. The van der Waals surface area contributed by atoms with Crippen molar-refractivity contribution >= 4 is 28.3 Å². The molecule has 0 atom stereocenters. The van der Waals surface area contributed by atoms with Crippen LogP contribution < -0.4 is 20.0 Å². The van der Waals surface area contributed by atoms with Crippen LogP contribution in [0.1, 0.15) is 36.5 Å². The summed E-state index contributed by atoms with van der Waals surface area (Å²) in [6.45, 7) is 3.52. The number of hydrogen-bond donors (Lipinski definition) is 0. The van der Waals surface area contributed by atoms with Crippen molar-refractivity contribution in [3.05, 3.63) is 98.9 Å². The molecule has 0 bridgehead atoms. The first-order valence-corrected chi connectivity index (χ1v) is 11.9. The predicted octanol–water partition coefficient (Wildman–Crippen LogP) is 6.72. The van der Waals surface area contributed by atoms with E-state index in [1.807, 2.05) is 60.7 Å². The van der Waals surface area contributed by atoms with E-state index in [1.54, 1.807) is 6.07 Å². The highest BCUT2D eigenvalue weighted by atomic mass is 35.5. The number of ether oxygens (including phenoxy) is 2. The summed E-state index contributed by atoms with van der Waals surface area (Å²) in [4.78, 5) is 14.4. The number of fused-ring (bicyclic) bond motifs is 3. The fourth-order valence-corrected chi connectivity index (χ4v) is 4.56.